The van der Waals surface area contributed by atoms with Crippen LogP contribution in [0, 0.1) is 6.92 Å². The summed E-state index contributed by atoms with van der Waals surface area (Å²) in [4.78, 5) is 8.93. The third-order valence-corrected chi connectivity index (χ3v) is 2.58. The predicted molar refractivity (Wildman–Crippen MR) is 71.1 cm³/mol. The van der Waals surface area contributed by atoms with Gasteiger partial charge in [-0.2, -0.15) is 0 Å². The SMILES string of the molecule is C=Cc1nc(C(C)(C)C)ncc1-c1cc(C)no1. The van der Waals surface area contributed by atoms with Crippen molar-refractivity contribution in [1.82, 2.24) is 15.1 Å². The van der Waals surface area contributed by atoms with E-state index < -0.39 is 0 Å². The standard InChI is InChI=1S/C14H17N3O/c1-6-11-10(12-7-9(2)17-18-12)8-15-13(16-11)14(3,4)5/h6-8H,1H2,2-5H3. The van der Waals surface area contributed by atoms with Gasteiger partial charge in [0.05, 0.1) is 17.0 Å². The van der Waals surface area contributed by atoms with Gasteiger partial charge in [0.2, 0.25) is 0 Å². The number of hydrogen-bond acceptors (Lipinski definition) is 4. The Labute approximate surface area is 107 Å². The molecule has 0 aromatic carbocycles. The Morgan fingerprint density at radius 2 is 2.06 bits per heavy atom. The molecular formula is C14H17N3O. The van der Waals surface area contributed by atoms with Crippen molar-refractivity contribution >= 4 is 6.08 Å². The summed E-state index contributed by atoms with van der Waals surface area (Å²) in [7, 11) is 0. The van der Waals surface area contributed by atoms with Gasteiger partial charge in [-0.15, -0.1) is 0 Å². The van der Waals surface area contributed by atoms with Gasteiger partial charge in [0.25, 0.3) is 0 Å². The van der Waals surface area contributed by atoms with Crippen molar-refractivity contribution in [3.63, 3.8) is 0 Å². The van der Waals surface area contributed by atoms with E-state index in [0.29, 0.717) is 5.76 Å². The molecule has 0 spiro atoms. The van der Waals surface area contributed by atoms with Crippen LogP contribution in [0.5, 0.6) is 0 Å². The Hall–Kier alpha value is -1.97. The molecule has 0 N–H and O–H groups in total. The fourth-order valence-corrected chi connectivity index (χ4v) is 1.59. The Bertz CT molecular complexity index is 579. The van der Waals surface area contributed by atoms with Crippen LogP contribution in [-0.4, -0.2) is 15.1 Å². The number of rotatable bonds is 2. The largest absolute Gasteiger partial charge is 0.356 e. The summed E-state index contributed by atoms with van der Waals surface area (Å²) in [5.74, 6) is 1.46. The first-order valence-electron chi connectivity index (χ1n) is 5.85. The molecule has 94 valence electrons. The second-order valence-electron chi connectivity index (χ2n) is 5.28. The van der Waals surface area contributed by atoms with E-state index in [0.717, 1.165) is 22.8 Å². The van der Waals surface area contributed by atoms with Crippen LogP contribution in [0.4, 0.5) is 0 Å². The molecule has 0 aliphatic rings. The molecule has 2 aromatic rings. The van der Waals surface area contributed by atoms with Gasteiger partial charge < -0.3 is 4.52 Å². The number of nitrogens with zero attached hydrogens (tertiary/aromatic N) is 3. The molecule has 0 unspecified atom stereocenters. The summed E-state index contributed by atoms with van der Waals surface area (Å²) in [6.45, 7) is 11.9. The van der Waals surface area contributed by atoms with Crippen molar-refractivity contribution in [2.24, 2.45) is 0 Å². The number of aryl methyl sites for hydroxylation is 1. The van der Waals surface area contributed by atoms with E-state index in [2.05, 4.69) is 42.5 Å². The molecule has 0 aliphatic carbocycles. The maximum atomic E-state index is 5.24. The lowest BCUT2D eigenvalue weighted by molar-refractivity contribution is 0.426. The van der Waals surface area contributed by atoms with E-state index in [4.69, 9.17) is 4.52 Å². The highest BCUT2D eigenvalue weighted by molar-refractivity contribution is 5.68. The summed E-state index contributed by atoms with van der Waals surface area (Å²) in [5, 5.41) is 3.87. The van der Waals surface area contributed by atoms with Crippen LogP contribution < -0.4 is 0 Å². The van der Waals surface area contributed by atoms with E-state index in [-0.39, 0.29) is 5.41 Å². The second kappa shape index (κ2) is 4.37. The minimum absolute atomic E-state index is 0.0897. The first kappa shape index (κ1) is 12.5. The van der Waals surface area contributed by atoms with Crippen LogP contribution in [0.3, 0.4) is 0 Å². The van der Waals surface area contributed by atoms with Crippen molar-refractivity contribution in [1.29, 1.82) is 0 Å². The zero-order valence-electron chi connectivity index (χ0n) is 11.2. The summed E-state index contributed by atoms with van der Waals surface area (Å²) < 4.78 is 5.24. The van der Waals surface area contributed by atoms with Gasteiger partial charge in [0.15, 0.2) is 5.76 Å². The van der Waals surface area contributed by atoms with Crippen molar-refractivity contribution in [3.05, 3.63) is 36.1 Å². The van der Waals surface area contributed by atoms with Gasteiger partial charge >= 0.3 is 0 Å². The molecule has 0 fully saturated rings. The van der Waals surface area contributed by atoms with Crippen LogP contribution in [-0.2, 0) is 5.41 Å². The highest BCUT2D eigenvalue weighted by Crippen LogP contribution is 2.26. The molecule has 2 aromatic heterocycles. The fourth-order valence-electron chi connectivity index (χ4n) is 1.59. The molecule has 2 rings (SSSR count). The smallest absolute Gasteiger partial charge is 0.170 e. The van der Waals surface area contributed by atoms with Crippen LogP contribution in [0.25, 0.3) is 17.4 Å². The topological polar surface area (TPSA) is 51.8 Å². The lowest BCUT2D eigenvalue weighted by Gasteiger charge is -2.17. The molecule has 2 heterocycles. The molecule has 4 heteroatoms. The van der Waals surface area contributed by atoms with E-state index >= 15 is 0 Å². The predicted octanol–water partition coefficient (Wildman–Crippen LogP) is 3.38. The normalized spacial score (nSPS) is 11.6. The first-order chi connectivity index (χ1) is 8.41. The van der Waals surface area contributed by atoms with Crippen molar-refractivity contribution < 1.29 is 4.52 Å². The molecule has 0 aliphatic heterocycles. The lowest BCUT2D eigenvalue weighted by atomic mass is 9.95. The zero-order chi connectivity index (χ0) is 13.3. The maximum Gasteiger partial charge on any atom is 0.170 e. The highest BCUT2D eigenvalue weighted by atomic mass is 16.5. The monoisotopic (exact) mass is 243 g/mol. The maximum absolute atomic E-state index is 5.24. The summed E-state index contributed by atoms with van der Waals surface area (Å²) in [6, 6.07) is 1.86. The van der Waals surface area contributed by atoms with E-state index in [1.165, 1.54) is 0 Å². The van der Waals surface area contributed by atoms with Gasteiger partial charge in [-0.3, -0.25) is 0 Å². The number of aromatic nitrogens is 3. The quantitative estimate of drug-likeness (QED) is 0.811. The van der Waals surface area contributed by atoms with E-state index in [9.17, 15) is 0 Å². The zero-order valence-corrected chi connectivity index (χ0v) is 11.2. The van der Waals surface area contributed by atoms with E-state index in [1.807, 2.05) is 13.0 Å². The van der Waals surface area contributed by atoms with E-state index in [1.54, 1.807) is 12.3 Å². The molecule has 0 radical (unpaired) electrons. The highest BCUT2D eigenvalue weighted by Gasteiger charge is 2.19. The molecule has 4 nitrogen and oxygen atoms in total. The summed E-state index contributed by atoms with van der Waals surface area (Å²) in [6.07, 6.45) is 3.48. The summed E-state index contributed by atoms with van der Waals surface area (Å²) in [5.41, 5.74) is 2.33. The van der Waals surface area contributed by atoms with Gasteiger partial charge in [-0.1, -0.05) is 32.5 Å². The summed E-state index contributed by atoms with van der Waals surface area (Å²) >= 11 is 0. The van der Waals surface area contributed by atoms with Gasteiger partial charge in [-0.05, 0) is 13.0 Å². The third kappa shape index (κ3) is 2.32. The number of hydrogen-bond donors (Lipinski definition) is 0. The van der Waals surface area contributed by atoms with Gasteiger partial charge in [0, 0.05) is 17.7 Å². The Kier molecular flexibility index (Phi) is 3.03. The van der Waals surface area contributed by atoms with Crippen LogP contribution in [0.15, 0.2) is 23.4 Å². The van der Waals surface area contributed by atoms with Crippen molar-refractivity contribution in [3.8, 4) is 11.3 Å². The average molecular weight is 243 g/mol. The molecule has 0 bridgehead atoms. The molecule has 0 atom stereocenters. The molecule has 18 heavy (non-hydrogen) atoms. The minimum atomic E-state index is -0.0897. The molecule has 0 saturated carbocycles. The van der Waals surface area contributed by atoms with Gasteiger partial charge in [-0.25, -0.2) is 9.97 Å². The first-order valence-corrected chi connectivity index (χ1v) is 5.85. The van der Waals surface area contributed by atoms with Gasteiger partial charge in [0.1, 0.15) is 5.82 Å². The Balaban J connectivity index is 2.54. The molecular weight excluding hydrogens is 226 g/mol. The Morgan fingerprint density at radius 3 is 2.56 bits per heavy atom. The Morgan fingerprint density at radius 1 is 1.33 bits per heavy atom. The minimum Gasteiger partial charge on any atom is -0.356 e. The van der Waals surface area contributed by atoms with Crippen LogP contribution in [0.2, 0.25) is 0 Å². The van der Waals surface area contributed by atoms with Crippen molar-refractivity contribution in [2.45, 2.75) is 33.1 Å². The molecule has 0 saturated heterocycles. The van der Waals surface area contributed by atoms with Crippen LogP contribution >= 0.6 is 0 Å². The average Bonchev–Trinajstić information content (AvgIpc) is 2.73. The second-order valence-corrected chi connectivity index (χ2v) is 5.28. The lowest BCUT2D eigenvalue weighted by Crippen LogP contribution is -2.16. The fraction of sp³-hybridized carbons (Fsp3) is 0.357. The van der Waals surface area contributed by atoms with Crippen LogP contribution in [0.1, 0.15) is 38.0 Å². The molecule has 0 amide bonds. The van der Waals surface area contributed by atoms with Crippen molar-refractivity contribution in [2.75, 3.05) is 0 Å². The third-order valence-electron chi connectivity index (χ3n) is 2.58.